The molecule has 5 heteroatoms. The predicted molar refractivity (Wildman–Crippen MR) is 67.0 cm³/mol. The molecule has 18 heavy (non-hydrogen) atoms. The van der Waals surface area contributed by atoms with Crippen molar-refractivity contribution in [2.24, 2.45) is 0 Å². The maximum Gasteiger partial charge on any atom is 0.158 e. The Kier molecular flexibility index (Phi) is 3.72. The number of nitrogens with one attached hydrogen (secondary N) is 1. The monoisotopic (exact) mass is 240 g/mol. The highest BCUT2D eigenvalue weighted by molar-refractivity contribution is 5.34. The van der Waals surface area contributed by atoms with Gasteiger partial charge in [-0.1, -0.05) is 12.1 Å². The number of aromatic hydroxyl groups is 1. The molecular formula is C13H12N4O. The van der Waals surface area contributed by atoms with Crippen LogP contribution in [0.1, 0.15) is 11.3 Å². The summed E-state index contributed by atoms with van der Waals surface area (Å²) in [5.74, 6) is 0.903. The van der Waals surface area contributed by atoms with Gasteiger partial charge in [-0.05, 0) is 24.1 Å². The summed E-state index contributed by atoms with van der Waals surface area (Å²) in [4.78, 5) is 7.96. The van der Waals surface area contributed by atoms with Crippen molar-refractivity contribution in [1.29, 1.82) is 5.26 Å². The van der Waals surface area contributed by atoms with Gasteiger partial charge in [0.05, 0.1) is 12.4 Å². The van der Waals surface area contributed by atoms with Crippen LogP contribution >= 0.6 is 0 Å². The predicted octanol–water partition coefficient (Wildman–Crippen LogP) is 1.71. The number of hydrogen-bond acceptors (Lipinski definition) is 5. The molecule has 2 N–H and O–H groups in total. The Hall–Kier alpha value is -2.61. The first-order valence-corrected chi connectivity index (χ1v) is 5.52. The molecule has 0 saturated carbocycles. The van der Waals surface area contributed by atoms with Gasteiger partial charge in [-0.2, -0.15) is 5.26 Å². The highest BCUT2D eigenvalue weighted by Crippen LogP contribution is 2.11. The molecule has 90 valence electrons. The highest BCUT2D eigenvalue weighted by atomic mass is 16.3. The number of anilines is 1. The van der Waals surface area contributed by atoms with Crippen molar-refractivity contribution in [3.05, 3.63) is 47.9 Å². The molecule has 1 aromatic carbocycles. The van der Waals surface area contributed by atoms with E-state index >= 15 is 0 Å². The Morgan fingerprint density at radius 2 is 2.17 bits per heavy atom. The van der Waals surface area contributed by atoms with Crippen molar-refractivity contribution >= 4 is 5.82 Å². The van der Waals surface area contributed by atoms with Crippen molar-refractivity contribution < 1.29 is 5.11 Å². The van der Waals surface area contributed by atoms with Crippen LogP contribution in [0.15, 0.2) is 36.7 Å². The van der Waals surface area contributed by atoms with Gasteiger partial charge in [-0.25, -0.2) is 9.97 Å². The van der Waals surface area contributed by atoms with E-state index in [9.17, 15) is 5.11 Å². The zero-order valence-electron chi connectivity index (χ0n) is 9.67. The zero-order chi connectivity index (χ0) is 12.8. The van der Waals surface area contributed by atoms with E-state index in [4.69, 9.17) is 5.26 Å². The number of nitriles is 1. The van der Waals surface area contributed by atoms with Crippen LogP contribution in [0.25, 0.3) is 0 Å². The Morgan fingerprint density at radius 3 is 2.83 bits per heavy atom. The van der Waals surface area contributed by atoms with E-state index < -0.39 is 0 Å². The van der Waals surface area contributed by atoms with E-state index in [2.05, 4.69) is 15.3 Å². The lowest BCUT2D eigenvalue weighted by atomic mass is 10.1. The van der Waals surface area contributed by atoms with E-state index in [1.54, 1.807) is 12.1 Å². The first-order valence-electron chi connectivity index (χ1n) is 5.52. The summed E-state index contributed by atoms with van der Waals surface area (Å²) in [6, 6.07) is 9.05. The van der Waals surface area contributed by atoms with Crippen LogP contribution in [-0.4, -0.2) is 21.6 Å². The Morgan fingerprint density at radius 1 is 1.28 bits per heavy atom. The van der Waals surface area contributed by atoms with E-state index in [1.807, 2.05) is 18.2 Å². The standard InChI is InChI=1S/C13H12N4O/c14-7-11-8-17-13(9-16-11)15-5-4-10-2-1-3-12(18)6-10/h1-3,6,8-9,18H,4-5H2,(H,15,17). The topological polar surface area (TPSA) is 81.8 Å². The average molecular weight is 240 g/mol. The first-order chi connectivity index (χ1) is 8.78. The summed E-state index contributed by atoms with van der Waals surface area (Å²) >= 11 is 0. The molecule has 0 radical (unpaired) electrons. The number of phenols is 1. The maximum atomic E-state index is 9.31. The van der Waals surface area contributed by atoms with Crippen LogP contribution in [0.4, 0.5) is 5.82 Å². The van der Waals surface area contributed by atoms with Crippen LogP contribution in [0.5, 0.6) is 5.75 Å². The lowest BCUT2D eigenvalue weighted by Gasteiger charge is -2.05. The second-order valence-electron chi connectivity index (χ2n) is 3.75. The fourth-order valence-electron chi connectivity index (χ4n) is 1.52. The average Bonchev–Trinajstić information content (AvgIpc) is 2.40. The normalized spacial score (nSPS) is 9.72. The number of benzene rings is 1. The summed E-state index contributed by atoms with van der Waals surface area (Å²) in [7, 11) is 0. The third-order valence-electron chi connectivity index (χ3n) is 2.40. The fraction of sp³-hybridized carbons (Fsp3) is 0.154. The van der Waals surface area contributed by atoms with E-state index in [1.165, 1.54) is 12.4 Å². The summed E-state index contributed by atoms with van der Waals surface area (Å²) in [5, 5.41) is 21.0. The molecule has 2 rings (SSSR count). The van der Waals surface area contributed by atoms with E-state index in [0.29, 0.717) is 18.1 Å². The molecule has 0 atom stereocenters. The summed E-state index contributed by atoms with van der Waals surface area (Å²) in [6.07, 6.45) is 3.73. The summed E-state index contributed by atoms with van der Waals surface area (Å²) < 4.78 is 0. The third-order valence-corrected chi connectivity index (χ3v) is 2.40. The molecule has 0 bridgehead atoms. The number of nitrogens with zero attached hydrogens (tertiary/aromatic N) is 3. The van der Waals surface area contributed by atoms with Gasteiger partial charge in [-0.3, -0.25) is 0 Å². The van der Waals surface area contributed by atoms with Gasteiger partial charge in [0, 0.05) is 6.54 Å². The van der Waals surface area contributed by atoms with Gasteiger partial charge in [0.25, 0.3) is 0 Å². The maximum absolute atomic E-state index is 9.31. The Balaban J connectivity index is 1.86. The quantitative estimate of drug-likeness (QED) is 0.850. The molecule has 0 aliphatic rings. The molecule has 0 spiro atoms. The minimum atomic E-state index is 0.269. The lowest BCUT2D eigenvalue weighted by molar-refractivity contribution is 0.474. The van der Waals surface area contributed by atoms with Crippen molar-refractivity contribution in [1.82, 2.24) is 9.97 Å². The molecule has 5 nitrogen and oxygen atoms in total. The Labute approximate surface area is 105 Å². The molecule has 0 aliphatic heterocycles. The van der Waals surface area contributed by atoms with Crippen LogP contribution in [0.3, 0.4) is 0 Å². The van der Waals surface area contributed by atoms with Crippen LogP contribution < -0.4 is 5.32 Å². The van der Waals surface area contributed by atoms with E-state index in [-0.39, 0.29) is 5.75 Å². The number of hydrogen-bond donors (Lipinski definition) is 2. The van der Waals surface area contributed by atoms with Gasteiger partial charge in [0.2, 0.25) is 0 Å². The number of aromatic nitrogens is 2. The fourth-order valence-corrected chi connectivity index (χ4v) is 1.52. The zero-order valence-corrected chi connectivity index (χ0v) is 9.67. The second-order valence-corrected chi connectivity index (χ2v) is 3.75. The minimum absolute atomic E-state index is 0.269. The summed E-state index contributed by atoms with van der Waals surface area (Å²) in [5.41, 5.74) is 1.35. The molecule has 1 heterocycles. The van der Waals surface area contributed by atoms with Crippen molar-refractivity contribution in [3.63, 3.8) is 0 Å². The lowest BCUT2D eigenvalue weighted by Crippen LogP contribution is -2.06. The smallest absolute Gasteiger partial charge is 0.158 e. The largest absolute Gasteiger partial charge is 0.508 e. The summed E-state index contributed by atoms with van der Waals surface area (Å²) in [6.45, 7) is 0.685. The van der Waals surface area contributed by atoms with Crippen molar-refractivity contribution in [3.8, 4) is 11.8 Å². The van der Waals surface area contributed by atoms with Gasteiger partial charge < -0.3 is 10.4 Å². The first kappa shape index (κ1) is 11.9. The number of phenolic OH excluding ortho intramolecular Hbond substituents is 1. The molecule has 0 unspecified atom stereocenters. The molecule has 0 fully saturated rings. The number of rotatable bonds is 4. The van der Waals surface area contributed by atoms with Gasteiger partial charge in [0.15, 0.2) is 5.69 Å². The molecule has 0 amide bonds. The van der Waals surface area contributed by atoms with Crippen molar-refractivity contribution in [2.45, 2.75) is 6.42 Å². The SMILES string of the molecule is N#Cc1cnc(NCCc2cccc(O)c2)cn1. The minimum Gasteiger partial charge on any atom is -0.508 e. The van der Waals surface area contributed by atoms with E-state index in [0.717, 1.165) is 12.0 Å². The molecular weight excluding hydrogens is 228 g/mol. The van der Waals surface area contributed by atoms with Crippen LogP contribution in [0.2, 0.25) is 0 Å². The molecule has 2 aromatic rings. The van der Waals surface area contributed by atoms with Crippen LogP contribution in [0, 0.1) is 11.3 Å². The third kappa shape index (κ3) is 3.19. The Bertz CT molecular complexity index is 560. The van der Waals surface area contributed by atoms with Gasteiger partial charge >= 0.3 is 0 Å². The van der Waals surface area contributed by atoms with Gasteiger partial charge in [-0.15, -0.1) is 0 Å². The van der Waals surface area contributed by atoms with Crippen molar-refractivity contribution in [2.75, 3.05) is 11.9 Å². The second kappa shape index (κ2) is 5.64. The molecule has 0 aliphatic carbocycles. The molecule has 1 aromatic heterocycles. The van der Waals surface area contributed by atoms with Gasteiger partial charge in [0.1, 0.15) is 17.6 Å². The molecule has 0 saturated heterocycles. The highest BCUT2D eigenvalue weighted by Gasteiger charge is 1.97. The van der Waals surface area contributed by atoms with Crippen LogP contribution in [-0.2, 0) is 6.42 Å².